The van der Waals surface area contributed by atoms with Gasteiger partial charge in [-0.1, -0.05) is 0 Å². The molecule has 0 fully saturated rings. The minimum atomic E-state index is -3.85. The molecular formula is C10H12ClNO4S. The van der Waals surface area contributed by atoms with Gasteiger partial charge in [-0.15, -0.1) is 0 Å². The highest BCUT2D eigenvalue weighted by Crippen LogP contribution is 2.31. The van der Waals surface area contributed by atoms with E-state index in [9.17, 15) is 13.2 Å². The van der Waals surface area contributed by atoms with Gasteiger partial charge in [-0.25, -0.2) is 8.42 Å². The van der Waals surface area contributed by atoms with Gasteiger partial charge in [-0.2, -0.15) is 0 Å². The van der Waals surface area contributed by atoms with Gasteiger partial charge < -0.3 is 10.1 Å². The average molecular weight is 278 g/mol. The number of nitrogens with one attached hydrogen (secondary N) is 1. The van der Waals surface area contributed by atoms with Crippen molar-refractivity contribution in [1.82, 2.24) is 0 Å². The molecule has 7 heteroatoms. The first-order valence-corrected chi connectivity index (χ1v) is 6.97. The van der Waals surface area contributed by atoms with Crippen molar-refractivity contribution in [2.24, 2.45) is 0 Å². The van der Waals surface area contributed by atoms with Gasteiger partial charge >= 0.3 is 0 Å². The SMILES string of the molecule is COc1cc(C)c(S(=O)(=O)Cl)cc1NC(C)=O. The lowest BCUT2D eigenvalue weighted by Crippen LogP contribution is -2.08. The van der Waals surface area contributed by atoms with Gasteiger partial charge in [0.15, 0.2) is 0 Å². The van der Waals surface area contributed by atoms with Crippen molar-refractivity contribution in [2.75, 3.05) is 12.4 Å². The first-order chi connectivity index (χ1) is 7.75. The molecule has 0 bridgehead atoms. The Balaban J connectivity index is 3.43. The fourth-order valence-corrected chi connectivity index (χ4v) is 2.58. The molecule has 1 aromatic rings. The lowest BCUT2D eigenvalue weighted by molar-refractivity contribution is -0.114. The van der Waals surface area contributed by atoms with Gasteiger partial charge in [-0.3, -0.25) is 4.79 Å². The van der Waals surface area contributed by atoms with E-state index in [2.05, 4.69) is 5.32 Å². The van der Waals surface area contributed by atoms with Crippen LogP contribution in [0.25, 0.3) is 0 Å². The molecular weight excluding hydrogens is 266 g/mol. The number of methoxy groups -OCH3 is 1. The number of hydrogen-bond donors (Lipinski definition) is 1. The normalized spacial score (nSPS) is 11.1. The van der Waals surface area contributed by atoms with Crippen molar-refractivity contribution in [3.05, 3.63) is 17.7 Å². The Kier molecular flexibility index (Phi) is 4.00. The van der Waals surface area contributed by atoms with Crippen LogP contribution in [0.4, 0.5) is 5.69 Å². The third-order valence-electron chi connectivity index (χ3n) is 2.07. The minimum Gasteiger partial charge on any atom is -0.495 e. The quantitative estimate of drug-likeness (QED) is 0.857. The molecule has 0 saturated carbocycles. The van der Waals surface area contributed by atoms with E-state index in [0.29, 0.717) is 11.3 Å². The van der Waals surface area contributed by atoms with E-state index in [4.69, 9.17) is 15.4 Å². The first kappa shape index (κ1) is 13.8. The molecule has 0 radical (unpaired) electrons. The molecule has 17 heavy (non-hydrogen) atoms. The van der Waals surface area contributed by atoms with E-state index >= 15 is 0 Å². The van der Waals surface area contributed by atoms with Gasteiger partial charge in [0.2, 0.25) is 5.91 Å². The monoisotopic (exact) mass is 277 g/mol. The average Bonchev–Trinajstić information content (AvgIpc) is 2.17. The summed E-state index contributed by atoms with van der Waals surface area (Å²) in [5.41, 5.74) is 0.718. The second kappa shape index (κ2) is 4.93. The van der Waals surface area contributed by atoms with Crippen LogP contribution in [-0.2, 0) is 13.8 Å². The van der Waals surface area contributed by atoms with Crippen LogP contribution >= 0.6 is 10.7 Å². The molecule has 0 heterocycles. The summed E-state index contributed by atoms with van der Waals surface area (Å²) in [6.07, 6.45) is 0. The third-order valence-corrected chi connectivity index (χ3v) is 3.53. The Hall–Kier alpha value is -1.27. The van der Waals surface area contributed by atoms with Gasteiger partial charge in [0.25, 0.3) is 9.05 Å². The number of halogens is 1. The molecule has 0 aromatic heterocycles. The molecule has 0 aliphatic rings. The van der Waals surface area contributed by atoms with Crippen LogP contribution in [0.2, 0.25) is 0 Å². The minimum absolute atomic E-state index is 0.0521. The molecule has 1 aromatic carbocycles. The summed E-state index contributed by atoms with van der Waals surface area (Å²) in [5, 5.41) is 2.48. The van der Waals surface area contributed by atoms with Crippen molar-refractivity contribution in [2.45, 2.75) is 18.7 Å². The molecule has 1 N–H and O–H groups in total. The van der Waals surface area contributed by atoms with E-state index in [1.54, 1.807) is 6.92 Å². The Labute approximate surface area is 104 Å². The maximum atomic E-state index is 11.3. The molecule has 0 aliphatic heterocycles. The van der Waals surface area contributed by atoms with Crippen LogP contribution in [0.3, 0.4) is 0 Å². The molecule has 0 atom stereocenters. The maximum absolute atomic E-state index is 11.3. The fourth-order valence-electron chi connectivity index (χ4n) is 1.38. The van der Waals surface area contributed by atoms with E-state index in [-0.39, 0.29) is 16.5 Å². The number of carbonyl (C=O) groups excluding carboxylic acids is 1. The second-order valence-electron chi connectivity index (χ2n) is 3.44. The van der Waals surface area contributed by atoms with E-state index in [0.717, 1.165) is 0 Å². The number of amides is 1. The van der Waals surface area contributed by atoms with E-state index in [1.165, 1.54) is 26.2 Å². The number of anilines is 1. The van der Waals surface area contributed by atoms with Crippen LogP contribution in [0.15, 0.2) is 17.0 Å². The second-order valence-corrected chi connectivity index (χ2v) is 5.97. The standard InChI is InChI=1S/C10H12ClNO4S/c1-6-4-9(16-3)8(12-7(2)13)5-10(6)17(11,14)15/h4-5H,1-3H3,(H,12,13). The lowest BCUT2D eigenvalue weighted by atomic mass is 10.2. The molecule has 1 rings (SSSR count). The van der Waals surface area contributed by atoms with Crippen LogP contribution in [0.5, 0.6) is 5.75 Å². The van der Waals surface area contributed by atoms with Crippen LogP contribution in [0.1, 0.15) is 12.5 Å². The summed E-state index contributed by atoms with van der Waals surface area (Å²) >= 11 is 0. The van der Waals surface area contributed by atoms with Gasteiger partial charge in [-0.05, 0) is 24.6 Å². The zero-order valence-electron chi connectivity index (χ0n) is 9.57. The first-order valence-electron chi connectivity index (χ1n) is 4.66. The predicted octanol–water partition coefficient (Wildman–Crippen LogP) is 1.89. The summed E-state index contributed by atoms with van der Waals surface area (Å²) in [4.78, 5) is 10.9. The number of rotatable bonds is 3. The van der Waals surface area contributed by atoms with Gasteiger partial charge in [0.05, 0.1) is 17.7 Å². The molecule has 0 unspecified atom stereocenters. The molecule has 94 valence electrons. The number of benzene rings is 1. The zero-order chi connectivity index (χ0) is 13.2. The summed E-state index contributed by atoms with van der Waals surface area (Å²) in [6.45, 7) is 2.91. The van der Waals surface area contributed by atoms with E-state index in [1.807, 2.05) is 0 Å². The van der Waals surface area contributed by atoms with E-state index < -0.39 is 9.05 Å². The van der Waals surface area contributed by atoms with Crippen molar-refractivity contribution < 1.29 is 17.9 Å². The summed E-state index contributed by atoms with van der Waals surface area (Å²) in [6, 6.07) is 2.78. The van der Waals surface area contributed by atoms with Crippen molar-refractivity contribution >= 4 is 31.3 Å². The summed E-state index contributed by atoms with van der Waals surface area (Å²) < 4.78 is 27.6. The zero-order valence-corrected chi connectivity index (χ0v) is 11.1. The Bertz CT molecular complexity index is 554. The van der Waals surface area contributed by atoms with Crippen LogP contribution < -0.4 is 10.1 Å². The number of carbonyl (C=O) groups is 1. The molecule has 1 amide bonds. The van der Waals surface area contributed by atoms with Gasteiger partial charge in [0.1, 0.15) is 5.75 Å². The lowest BCUT2D eigenvalue weighted by Gasteiger charge is -2.12. The largest absolute Gasteiger partial charge is 0.495 e. The molecule has 5 nitrogen and oxygen atoms in total. The fraction of sp³-hybridized carbons (Fsp3) is 0.300. The summed E-state index contributed by atoms with van der Waals surface area (Å²) in [5.74, 6) is 0.0480. The van der Waals surface area contributed by atoms with Crippen LogP contribution in [0, 0.1) is 6.92 Å². The number of hydrogen-bond acceptors (Lipinski definition) is 4. The Morgan fingerprint density at radius 3 is 2.41 bits per heavy atom. The topological polar surface area (TPSA) is 72.5 Å². The highest BCUT2D eigenvalue weighted by molar-refractivity contribution is 8.13. The molecule has 0 spiro atoms. The molecule has 0 aliphatic carbocycles. The Morgan fingerprint density at radius 2 is 2.00 bits per heavy atom. The highest BCUT2D eigenvalue weighted by atomic mass is 35.7. The third kappa shape index (κ3) is 3.34. The van der Waals surface area contributed by atoms with Crippen molar-refractivity contribution in [1.29, 1.82) is 0 Å². The van der Waals surface area contributed by atoms with Crippen molar-refractivity contribution in [3.63, 3.8) is 0 Å². The summed E-state index contributed by atoms with van der Waals surface area (Å²) in [7, 11) is 2.86. The van der Waals surface area contributed by atoms with Crippen molar-refractivity contribution in [3.8, 4) is 5.75 Å². The Morgan fingerprint density at radius 1 is 1.41 bits per heavy atom. The van der Waals surface area contributed by atoms with Crippen LogP contribution in [-0.4, -0.2) is 21.4 Å². The predicted molar refractivity (Wildman–Crippen MR) is 65.1 cm³/mol. The highest BCUT2D eigenvalue weighted by Gasteiger charge is 2.17. The number of ether oxygens (including phenoxy) is 1. The smallest absolute Gasteiger partial charge is 0.261 e. The number of aryl methyl sites for hydroxylation is 1. The molecule has 0 saturated heterocycles. The van der Waals surface area contributed by atoms with Gasteiger partial charge in [0, 0.05) is 17.6 Å². The maximum Gasteiger partial charge on any atom is 0.261 e.